The number of thioether (sulfide) groups is 1. The minimum absolute atomic E-state index is 0.0489. The Bertz CT molecular complexity index is 1080. The Morgan fingerprint density at radius 1 is 1.18 bits per heavy atom. The maximum absolute atomic E-state index is 13.0. The largest absolute Gasteiger partial charge is 0.489 e. The van der Waals surface area contributed by atoms with E-state index in [1.807, 2.05) is 50.3 Å². The molecule has 1 atom stereocenters. The molecule has 8 heteroatoms. The van der Waals surface area contributed by atoms with Crippen LogP contribution in [0.5, 0.6) is 5.75 Å². The highest BCUT2D eigenvalue weighted by Crippen LogP contribution is 2.35. The second kappa shape index (κ2) is 11.3. The third-order valence-corrected chi connectivity index (χ3v) is 7.11. The Kier molecular flexibility index (Phi) is 8.19. The van der Waals surface area contributed by atoms with E-state index in [2.05, 4.69) is 24.0 Å². The maximum Gasteiger partial charge on any atom is 0.266 e. The minimum atomic E-state index is -0.0489. The van der Waals surface area contributed by atoms with Gasteiger partial charge < -0.3 is 14.4 Å². The van der Waals surface area contributed by atoms with E-state index in [4.69, 9.17) is 26.1 Å². The zero-order valence-electron chi connectivity index (χ0n) is 19.8. The number of hydrogen-bond donors (Lipinski definition) is 0. The zero-order chi connectivity index (χ0) is 24.1. The molecule has 0 aliphatic carbocycles. The number of aliphatic imine (C=N–C) groups is 1. The number of amides is 1. The van der Waals surface area contributed by atoms with E-state index >= 15 is 0 Å². The molecule has 0 saturated carbocycles. The van der Waals surface area contributed by atoms with Gasteiger partial charge in [0.05, 0.1) is 34.9 Å². The quantitative estimate of drug-likeness (QED) is 0.439. The number of carbonyl (C=O) groups is 1. The molecular formula is C26H30ClN3O3S. The van der Waals surface area contributed by atoms with E-state index in [0.29, 0.717) is 27.4 Å². The monoisotopic (exact) mass is 499 g/mol. The number of halogens is 1. The van der Waals surface area contributed by atoms with Gasteiger partial charge >= 0.3 is 0 Å². The first-order valence-corrected chi connectivity index (χ1v) is 12.9. The molecule has 2 aromatic carbocycles. The van der Waals surface area contributed by atoms with E-state index in [0.717, 1.165) is 49.7 Å². The SMILES string of the molecule is CCC(C)Oc1ccc(/C=C2\SC(=Nc3ccc(N4CCOCC4)cc3)N(CC)C2=O)cc1Cl. The molecule has 6 nitrogen and oxygen atoms in total. The van der Waals surface area contributed by atoms with Gasteiger partial charge in [-0.05, 0) is 80.1 Å². The molecule has 0 radical (unpaired) electrons. The van der Waals surface area contributed by atoms with Crippen LogP contribution in [0.4, 0.5) is 11.4 Å². The Hall–Kier alpha value is -2.48. The molecule has 180 valence electrons. The molecule has 34 heavy (non-hydrogen) atoms. The molecule has 0 N–H and O–H groups in total. The lowest BCUT2D eigenvalue weighted by atomic mass is 10.2. The number of carbonyl (C=O) groups excluding carboxylic acids is 1. The first-order chi connectivity index (χ1) is 16.5. The standard InChI is InChI=1S/C26H30ClN3O3S/c1-4-18(3)33-23-11-6-19(16-22(23)27)17-24-25(31)30(5-2)26(34-24)28-20-7-9-21(10-8-20)29-12-14-32-15-13-29/h6-11,16-18H,4-5,12-15H2,1-3H3/b24-17-,28-26?. The van der Waals surface area contributed by atoms with Crippen LogP contribution >= 0.6 is 23.4 Å². The number of ether oxygens (including phenoxy) is 2. The second-order valence-electron chi connectivity index (χ2n) is 8.20. The number of amidine groups is 1. The molecule has 2 aliphatic heterocycles. The molecule has 2 saturated heterocycles. The van der Waals surface area contributed by atoms with E-state index in [-0.39, 0.29) is 12.0 Å². The van der Waals surface area contributed by atoms with Crippen molar-refractivity contribution in [1.82, 2.24) is 4.90 Å². The highest BCUT2D eigenvalue weighted by atomic mass is 35.5. The fourth-order valence-corrected chi connectivity index (χ4v) is 4.99. The second-order valence-corrected chi connectivity index (χ2v) is 9.61. The van der Waals surface area contributed by atoms with Crippen molar-refractivity contribution in [3.63, 3.8) is 0 Å². The average molecular weight is 500 g/mol. The Morgan fingerprint density at radius 2 is 1.91 bits per heavy atom. The smallest absolute Gasteiger partial charge is 0.266 e. The summed E-state index contributed by atoms with van der Waals surface area (Å²) >= 11 is 7.81. The topological polar surface area (TPSA) is 54.4 Å². The van der Waals surface area contributed by atoms with E-state index in [1.165, 1.54) is 11.8 Å². The lowest BCUT2D eigenvalue weighted by molar-refractivity contribution is -0.122. The van der Waals surface area contributed by atoms with Crippen LogP contribution in [0.3, 0.4) is 0 Å². The van der Waals surface area contributed by atoms with Crippen LogP contribution in [0.1, 0.15) is 32.8 Å². The van der Waals surface area contributed by atoms with Gasteiger partial charge in [0.15, 0.2) is 5.17 Å². The number of anilines is 1. The van der Waals surface area contributed by atoms with Crippen LogP contribution in [0.25, 0.3) is 6.08 Å². The van der Waals surface area contributed by atoms with Crippen LogP contribution in [0, 0.1) is 0 Å². The molecule has 2 aliphatic rings. The highest BCUT2D eigenvalue weighted by molar-refractivity contribution is 8.18. The number of nitrogens with zero attached hydrogens (tertiary/aromatic N) is 3. The molecule has 0 spiro atoms. The van der Waals surface area contributed by atoms with Crippen molar-refractivity contribution >= 4 is 51.9 Å². The van der Waals surface area contributed by atoms with Crippen molar-refractivity contribution in [3.05, 3.63) is 58.0 Å². The van der Waals surface area contributed by atoms with Gasteiger partial charge in [0, 0.05) is 25.3 Å². The first kappa shape index (κ1) is 24.6. The van der Waals surface area contributed by atoms with Crippen LogP contribution < -0.4 is 9.64 Å². The van der Waals surface area contributed by atoms with Gasteiger partial charge in [0.1, 0.15) is 5.75 Å². The maximum atomic E-state index is 13.0. The number of benzene rings is 2. The zero-order valence-corrected chi connectivity index (χ0v) is 21.4. The van der Waals surface area contributed by atoms with Gasteiger partial charge in [-0.3, -0.25) is 9.69 Å². The van der Waals surface area contributed by atoms with Crippen LogP contribution in [-0.4, -0.2) is 54.9 Å². The summed E-state index contributed by atoms with van der Waals surface area (Å²) in [5.74, 6) is 0.605. The fraction of sp³-hybridized carbons (Fsp3) is 0.385. The lowest BCUT2D eigenvalue weighted by Crippen LogP contribution is -2.36. The normalized spacial score (nSPS) is 19.8. The predicted octanol–water partition coefficient (Wildman–Crippen LogP) is 5.98. The van der Waals surface area contributed by atoms with Crippen molar-refractivity contribution in [2.24, 2.45) is 4.99 Å². The van der Waals surface area contributed by atoms with Gasteiger partial charge in [0.25, 0.3) is 5.91 Å². The molecule has 2 heterocycles. The summed E-state index contributed by atoms with van der Waals surface area (Å²) in [5.41, 5.74) is 2.83. The van der Waals surface area contributed by atoms with Gasteiger partial charge in [-0.25, -0.2) is 4.99 Å². The lowest BCUT2D eigenvalue weighted by Gasteiger charge is -2.28. The summed E-state index contributed by atoms with van der Waals surface area (Å²) in [6.07, 6.45) is 2.85. The van der Waals surface area contributed by atoms with Gasteiger partial charge in [-0.1, -0.05) is 24.6 Å². The van der Waals surface area contributed by atoms with Crippen molar-refractivity contribution in [3.8, 4) is 5.75 Å². The summed E-state index contributed by atoms with van der Waals surface area (Å²) in [4.78, 5) is 22.4. The van der Waals surface area contributed by atoms with Gasteiger partial charge in [-0.15, -0.1) is 0 Å². The van der Waals surface area contributed by atoms with Gasteiger partial charge in [0.2, 0.25) is 0 Å². The number of rotatable bonds is 7. The molecular weight excluding hydrogens is 470 g/mol. The number of hydrogen-bond acceptors (Lipinski definition) is 6. The van der Waals surface area contributed by atoms with Crippen LogP contribution in [0.15, 0.2) is 52.4 Å². The summed E-state index contributed by atoms with van der Waals surface area (Å²) in [7, 11) is 0. The third kappa shape index (κ3) is 5.77. The first-order valence-electron chi connectivity index (χ1n) is 11.7. The molecule has 0 aromatic heterocycles. The van der Waals surface area contributed by atoms with E-state index in [9.17, 15) is 4.79 Å². The molecule has 2 fully saturated rings. The number of morpholine rings is 1. The predicted molar refractivity (Wildman–Crippen MR) is 141 cm³/mol. The molecule has 2 aromatic rings. The van der Waals surface area contributed by atoms with Crippen molar-refractivity contribution in [2.45, 2.75) is 33.3 Å². The summed E-state index contributed by atoms with van der Waals surface area (Å²) in [6, 6.07) is 13.7. The minimum Gasteiger partial charge on any atom is -0.489 e. The fourth-order valence-electron chi connectivity index (χ4n) is 3.69. The third-order valence-electron chi connectivity index (χ3n) is 5.81. The van der Waals surface area contributed by atoms with Crippen LogP contribution in [-0.2, 0) is 9.53 Å². The Morgan fingerprint density at radius 3 is 2.56 bits per heavy atom. The molecule has 4 rings (SSSR count). The molecule has 1 amide bonds. The summed E-state index contributed by atoms with van der Waals surface area (Å²) < 4.78 is 11.3. The molecule has 1 unspecified atom stereocenters. The average Bonchev–Trinajstić information content (AvgIpc) is 3.15. The summed E-state index contributed by atoms with van der Waals surface area (Å²) in [6.45, 7) is 9.88. The highest BCUT2D eigenvalue weighted by Gasteiger charge is 2.32. The van der Waals surface area contributed by atoms with E-state index < -0.39 is 0 Å². The van der Waals surface area contributed by atoms with Crippen molar-refractivity contribution in [1.29, 1.82) is 0 Å². The van der Waals surface area contributed by atoms with E-state index in [1.54, 1.807) is 4.90 Å². The summed E-state index contributed by atoms with van der Waals surface area (Å²) in [5, 5.41) is 1.22. The Balaban J connectivity index is 1.51. The van der Waals surface area contributed by atoms with Crippen molar-refractivity contribution < 1.29 is 14.3 Å². The number of likely N-dealkylation sites (N-methyl/N-ethyl adjacent to an activating group) is 1. The van der Waals surface area contributed by atoms with Crippen molar-refractivity contribution in [2.75, 3.05) is 37.7 Å². The molecule has 0 bridgehead atoms. The van der Waals surface area contributed by atoms with Gasteiger partial charge in [-0.2, -0.15) is 0 Å². The Labute approximate surface area is 210 Å². The van der Waals surface area contributed by atoms with Crippen LogP contribution in [0.2, 0.25) is 5.02 Å².